The van der Waals surface area contributed by atoms with Crippen molar-refractivity contribution in [1.29, 1.82) is 0 Å². The van der Waals surface area contributed by atoms with E-state index in [9.17, 15) is 9.90 Å². The number of phenols is 1. The molecule has 4 aromatic rings. The number of nitrogens with zero attached hydrogens (tertiary/aromatic N) is 3. The van der Waals surface area contributed by atoms with E-state index in [-0.39, 0.29) is 17.4 Å². The Bertz CT molecular complexity index is 1340. The van der Waals surface area contributed by atoms with E-state index in [0.29, 0.717) is 16.5 Å². The van der Waals surface area contributed by atoms with Crippen LogP contribution in [0.1, 0.15) is 16.7 Å². The summed E-state index contributed by atoms with van der Waals surface area (Å²) in [7, 11) is 0. The molecular formula is C25H23BrN4O2S. The summed E-state index contributed by atoms with van der Waals surface area (Å²) < 4.78 is 2.86. The van der Waals surface area contributed by atoms with Gasteiger partial charge in [0.05, 0.1) is 17.0 Å². The van der Waals surface area contributed by atoms with Crippen molar-refractivity contribution < 1.29 is 9.90 Å². The number of aromatic hydroxyl groups is 1. The molecule has 168 valence electrons. The summed E-state index contributed by atoms with van der Waals surface area (Å²) in [4.78, 5) is 12.7. The van der Waals surface area contributed by atoms with Crippen LogP contribution in [-0.2, 0) is 4.79 Å². The van der Waals surface area contributed by atoms with Crippen LogP contribution in [0.2, 0.25) is 0 Å². The number of rotatable bonds is 6. The number of hydrogen-bond acceptors (Lipinski definition) is 5. The van der Waals surface area contributed by atoms with Crippen LogP contribution in [0, 0.1) is 20.8 Å². The fourth-order valence-corrected chi connectivity index (χ4v) is 4.78. The zero-order valence-corrected chi connectivity index (χ0v) is 20.9. The summed E-state index contributed by atoms with van der Waals surface area (Å²) in [5, 5.41) is 22.7. The Kier molecular flexibility index (Phi) is 6.85. The zero-order valence-electron chi connectivity index (χ0n) is 18.5. The van der Waals surface area contributed by atoms with Crippen molar-refractivity contribution in [3.63, 3.8) is 0 Å². The van der Waals surface area contributed by atoms with Crippen LogP contribution in [0.15, 0.2) is 70.3 Å². The Hall–Kier alpha value is -3.10. The molecule has 0 aliphatic rings. The highest BCUT2D eigenvalue weighted by Crippen LogP contribution is 2.34. The topological polar surface area (TPSA) is 80.0 Å². The maximum atomic E-state index is 12.7. The first-order valence-electron chi connectivity index (χ1n) is 10.3. The average molecular weight is 523 g/mol. The molecule has 0 fully saturated rings. The van der Waals surface area contributed by atoms with Gasteiger partial charge < -0.3 is 10.4 Å². The average Bonchev–Trinajstić information content (AvgIpc) is 3.18. The van der Waals surface area contributed by atoms with E-state index in [4.69, 9.17) is 0 Å². The minimum Gasteiger partial charge on any atom is -0.507 e. The summed E-state index contributed by atoms with van der Waals surface area (Å²) >= 11 is 4.74. The quantitative estimate of drug-likeness (QED) is 0.301. The maximum absolute atomic E-state index is 12.7. The number of carbonyl (C=O) groups is 1. The number of nitrogens with one attached hydrogen (secondary N) is 1. The van der Waals surface area contributed by atoms with Gasteiger partial charge in [0.1, 0.15) is 5.75 Å². The molecule has 6 nitrogen and oxygen atoms in total. The Morgan fingerprint density at radius 2 is 1.82 bits per heavy atom. The predicted molar refractivity (Wildman–Crippen MR) is 136 cm³/mol. The van der Waals surface area contributed by atoms with Crippen molar-refractivity contribution in [2.24, 2.45) is 0 Å². The Labute approximate surface area is 205 Å². The smallest absolute Gasteiger partial charge is 0.234 e. The van der Waals surface area contributed by atoms with Gasteiger partial charge in [-0.2, -0.15) is 0 Å². The Morgan fingerprint density at radius 3 is 2.55 bits per heavy atom. The van der Waals surface area contributed by atoms with Gasteiger partial charge in [-0.05, 0) is 68.3 Å². The molecule has 0 unspecified atom stereocenters. The summed E-state index contributed by atoms with van der Waals surface area (Å²) in [6, 6.07) is 18.9. The predicted octanol–water partition coefficient (Wildman–Crippen LogP) is 6.06. The van der Waals surface area contributed by atoms with Gasteiger partial charge in [-0.25, -0.2) is 0 Å². The number of phenolic OH excluding ortho intramolecular Hbond substituents is 1. The lowest BCUT2D eigenvalue weighted by Gasteiger charge is -2.14. The molecule has 1 aromatic heterocycles. The first-order chi connectivity index (χ1) is 15.8. The van der Waals surface area contributed by atoms with Gasteiger partial charge in [-0.1, -0.05) is 57.5 Å². The van der Waals surface area contributed by atoms with Crippen LogP contribution in [0.25, 0.3) is 17.1 Å². The zero-order chi connectivity index (χ0) is 23.5. The first kappa shape index (κ1) is 23.1. The number of hydrogen-bond donors (Lipinski definition) is 2. The van der Waals surface area contributed by atoms with Gasteiger partial charge in [0.2, 0.25) is 5.91 Å². The summed E-state index contributed by atoms with van der Waals surface area (Å²) in [5.74, 6) is 0.673. The molecular weight excluding hydrogens is 500 g/mol. The molecule has 2 N–H and O–H groups in total. The minimum absolute atomic E-state index is 0.121. The van der Waals surface area contributed by atoms with Crippen molar-refractivity contribution >= 4 is 39.3 Å². The van der Waals surface area contributed by atoms with Gasteiger partial charge >= 0.3 is 0 Å². The van der Waals surface area contributed by atoms with Crippen LogP contribution in [0.5, 0.6) is 5.75 Å². The van der Waals surface area contributed by atoms with Gasteiger partial charge in [-0.15, -0.1) is 10.2 Å². The summed E-state index contributed by atoms with van der Waals surface area (Å²) in [6.07, 6.45) is 0. The molecule has 0 aliphatic heterocycles. The number of halogens is 1. The van der Waals surface area contributed by atoms with E-state index in [1.807, 2.05) is 61.7 Å². The highest BCUT2D eigenvalue weighted by Gasteiger charge is 2.20. The maximum Gasteiger partial charge on any atom is 0.234 e. The second-order valence-corrected chi connectivity index (χ2v) is 9.60. The molecule has 0 saturated heterocycles. The third-order valence-electron chi connectivity index (χ3n) is 5.17. The first-order valence-corrected chi connectivity index (χ1v) is 12.1. The SMILES string of the molecule is Cc1ccc(-n2c(SCC(=O)Nc3ccc(Br)cc3C)nnc2-c2ccccc2O)c(C)c1. The fraction of sp³-hybridized carbons (Fsp3) is 0.160. The number of para-hydroxylation sites is 1. The third kappa shape index (κ3) is 5.12. The molecule has 3 aromatic carbocycles. The standard InChI is InChI=1S/C25H23BrN4O2S/c1-15-8-11-21(17(3)12-15)30-24(19-6-4-5-7-22(19)31)28-29-25(30)33-14-23(32)27-20-10-9-18(26)13-16(20)2/h4-13,31H,14H2,1-3H3,(H,27,32). The van der Waals surface area contributed by atoms with Gasteiger partial charge in [0.25, 0.3) is 0 Å². The molecule has 8 heteroatoms. The minimum atomic E-state index is -0.135. The molecule has 0 atom stereocenters. The highest BCUT2D eigenvalue weighted by atomic mass is 79.9. The normalized spacial score (nSPS) is 10.9. The van der Waals surface area contributed by atoms with Crippen LogP contribution < -0.4 is 5.32 Å². The van der Waals surface area contributed by atoms with Crippen molar-refractivity contribution in [3.05, 3.63) is 81.8 Å². The molecule has 0 aliphatic carbocycles. The molecule has 0 spiro atoms. The molecule has 4 rings (SSSR count). The third-order valence-corrected chi connectivity index (χ3v) is 6.59. The van der Waals surface area contributed by atoms with E-state index >= 15 is 0 Å². The monoisotopic (exact) mass is 522 g/mol. The molecule has 0 saturated carbocycles. The van der Waals surface area contributed by atoms with Crippen LogP contribution in [0.4, 0.5) is 5.69 Å². The van der Waals surface area contributed by atoms with Crippen molar-refractivity contribution in [2.45, 2.75) is 25.9 Å². The number of carbonyl (C=O) groups excluding carboxylic acids is 1. The number of aromatic nitrogens is 3. The fourth-order valence-electron chi connectivity index (χ4n) is 3.56. The van der Waals surface area contributed by atoms with E-state index in [2.05, 4.69) is 37.5 Å². The number of aryl methyl sites for hydroxylation is 3. The van der Waals surface area contributed by atoms with E-state index in [1.165, 1.54) is 11.8 Å². The molecule has 0 radical (unpaired) electrons. The lowest BCUT2D eigenvalue weighted by Crippen LogP contribution is -2.15. The Morgan fingerprint density at radius 1 is 1.03 bits per heavy atom. The molecule has 1 amide bonds. The lowest BCUT2D eigenvalue weighted by atomic mass is 10.1. The van der Waals surface area contributed by atoms with Crippen LogP contribution in [-0.4, -0.2) is 31.5 Å². The van der Waals surface area contributed by atoms with Crippen molar-refractivity contribution in [2.75, 3.05) is 11.1 Å². The summed E-state index contributed by atoms with van der Waals surface area (Å²) in [5.41, 5.74) is 5.41. The Balaban J connectivity index is 1.65. The van der Waals surface area contributed by atoms with E-state index in [1.54, 1.807) is 18.2 Å². The number of thioether (sulfide) groups is 1. The lowest BCUT2D eigenvalue weighted by molar-refractivity contribution is -0.113. The van der Waals surface area contributed by atoms with Crippen molar-refractivity contribution in [3.8, 4) is 22.8 Å². The van der Waals surface area contributed by atoms with Gasteiger partial charge in [-0.3, -0.25) is 9.36 Å². The second kappa shape index (κ2) is 9.80. The molecule has 33 heavy (non-hydrogen) atoms. The van der Waals surface area contributed by atoms with Crippen molar-refractivity contribution in [1.82, 2.24) is 14.8 Å². The van der Waals surface area contributed by atoms with Crippen LogP contribution >= 0.6 is 27.7 Å². The number of benzene rings is 3. The highest BCUT2D eigenvalue weighted by molar-refractivity contribution is 9.10. The van der Waals surface area contributed by atoms with Gasteiger partial charge in [0.15, 0.2) is 11.0 Å². The molecule has 0 bridgehead atoms. The number of anilines is 1. The van der Waals surface area contributed by atoms with Gasteiger partial charge in [0, 0.05) is 10.2 Å². The summed E-state index contributed by atoms with van der Waals surface area (Å²) in [6.45, 7) is 6.01. The second-order valence-electron chi connectivity index (χ2n) is 7.74. The van der Waals surface area contributed by atoms with Crippen LogP contribution in [0.3, 0.4) is 0 Å². The molecule has 1 heterocycles. The largest absolute Gasteiger partial charge is 0.507 e. The van der Waals surface area contributed by atoms with E-state index < -0.39 is 0 Å². The number of amides is 1. The van der Waals surface area contributed by atoms with E-state index in [0.717, 1.165) is 32.5 Å².